The average Bonchev–Trinajstić information content (AvgIpc) is 2.46. The normalized spacial score (nSPS) is 10.5. The van der Waals surface area contributed by atoms with Crippen molar-refractivity contribution in [2.75, 3.05) is 18.5 Å². The van der Waals surface area contributed by atoms with E-state index in [1.807, 2.05) is 19.1 Å². The third kappa shape index (κ3) is 3.42. The van der Waals surface area contributed by atoms with Gasteiger partial charge >= 0.3 is 0 Å². The Morgan fingerprint density at radius 3 is 2.29 bits per heavy atom. The van der Waals surface area contributed by atoms with Crippen LogP contribution in [0.3, 0.4) is 0 Å². The first-order chi connectivity index (χ1) is 10.0. The van der Waals surface area contributed by atoms with Gasteiger partial charge in [-0.05, 0) is 18.6 Å². The fraction of sp³-hybridized carbons (Fsp3) is 0.214. The molecule has 0 fully saturated rings. The summed E-state index contributed by atoms with van der Waals surface area (Å²) in [6, 6.07) is 7.20. The topological polar surface area (TPSA) is 34.1 Å². The summed E-state index contributed by atoms with van der Waals surface area (Å²) in [5.41, 5.74) is 0.00393. The number of nitrogens with one attached hydrogen (secondary N) is 1. The van der Waals surface area contributed by atoms with E-state index < -0.39 is 29.2 Å². The molecule has 0 bridgehead atoms. The molecule has 0 aliphatic heterocycles. The number of benzene rings is 1. The SMILES string of the molecule is Cc1ccccc1OCCNc1c(F)c(F)nc(F)c1F. The minimum absolute atomic E-state index is 0.0366. The second-order valence-corrected chi connectivity index (χ2v) is 4.24. The highest BCUT2D eigenvalue weighted by molar-refractivity contribution is 5.45. The van der Waals surface area contributed by atoms with Gasteiger partial charge < -0.3 is 10.1 Å². The van der Waals surface area contributed by atoms with Crippen LogP contribution in [-0.4, -0.2) is 18.1 Å². The minimum atomic E-state index is -1.70. The van der Waals surface area contributed by atoms with Gasteiger partial charge in [-0.2, -0.15) is 22.5 Å². The van der Waals surface area contributed by atoms with Crippen LogP contribution in [0.5, 0.6) is 5.75 Å². The van der Waals surface area contributed by atoms with E-state index in [4.69, 9.17) is 4.74 Å². The molecule has 0 saturated carbocycles. The number of para-hydroxylation sites is 1. The molecular weight excluding hydrogens is 288 g/mol. The molecule has 0 aliphatic rings. The summed E-state index contributed by atoms with van der Waals surface area (Å²) in [5.74, 6) is -5.91. The minimum Gasteiger partial charge on any atom is -0.491 e. The first kappa shape index (κ1) is 15.1. The summed E-state index contributed by atoms with van der Waals surface area (Å²) in [5, 5.41) is 2.26. The fourth-order valence-electron chi connectivity index (χ4n) is 1.70. The van der Waals surface area contributed by atoms with E-state index in [1.54, 1.807) is 12.1 Å². The Hall–Kier alpha value is -2.31. The maximum atomic E-state index is 13.3. The molecule has 21 heavy (non-hydrogen) atoms. The van der Waals surface area contributed by atoms with Crippen LogP contribution in [-0.2, 0) is 0 Å². The first-order valence-corrected chi connectivity index (χ1v) is 6.13. The Morgan fingerprint density at radius 2 is 1.67 bits per heavy atom. The van der Waals surface area contributed by atoms with Gasteiger partial charge in [-0.1, -0.05) is 18.2 Å². The van der Waals surface area contributed by atoms with Gasteiger partial charge in [0.2, 0.25) is 11.6 Å². The predicted molar refractivity (Wildman–Crippen MR) is 69.2 cm³/mol. The molecule has 1 aromatic carbocycles. The van der Waals surface area contributed by atoms with E-state index in [9.17, 15) is 17.6 Å². The molecule has 2 aromatic rings. The lowest BCUT2D eigenvalue weighted by Crippen LogP contribution is -2.15. The first-order valence-electron chi connectivity index (χ1n) is 6.13. The highest BCUT2D eigenvalue weighted by Gasteiger charge is 2.20. The van der Waals surface area contributed by atoms with Crippen molar-refractivity contribution in [2.24, 2.45) is 0 Å². The Morgan fingerprint density at radius 1 is 1.05 bits per heavy atom. The number of anilines is 1. The van der Waals surface area contributed by atoms with Crippen LogP contribution in [0.1, 0.15) is 5.56 Å². The Labute approximate surface area is 118 Å². The highest BCUT2D eigenvalue weighted by atomic mass is 19.2. The number of hydrogen-bond acceptors (Lipinski definition) is 3. The Bertz CT molecular complexity index is 623. The number of nitrogens with zero attached hydrogens (tertiary/aromatic N) is 1. The molecule has 0 atom stereocenters. The molecule has 0 unspecified atom stereocenters. The standard InChI is InChI=1S/C14H12F4N2O/c1-8-4-2-3-5-9(8)21-7-6-19-12-10(15)13(17)20-14(18)11(12)16/h2-5H,6-7H2,1H3,(H,19,20). The summed E-state index contributed by atoms with van der Waals surface area (Å²) in [7, 11) is 0. The maximum absolute atomic E-state index is 13.3. The van der Waals surface area contributed by atoms with Crippen molar-refractivity contribution >= 4 is 5.69 Å². The summed E-state index contributed by atoms with van der Waals surface area (Å²) in [4.78, 5) is 2.47. The van der Waals surface area contributed by atoms with E-state index >= 15 is 0 Å². The Balaban J connectivity index is 1.97. The van der Waals surface area contributed by atoms with E-state index in [0.29, 0.717) is 5.75 Å². The van der Waals surface area contributed by atoms with Crippen molar-refractivity contribution in [3.05, 3.63) is 53.4 Å². The monoisotopic (exact) mass is 300 g/mol. The van der Waals surface area contributed by atoms with Gasteiger partial charge in [0, 0.05) is 6.54 Å². The lowest BCUT2D eigenvalue weighted by Gasteiger charge is -2.11. The zero-order valence-corrected chi connectivity index (χ0v) is 11.1. The highest BCUT2D eigenvalue weighted by Crippen LogP contribution is 2.22. The molecular formula is C14H12F4N2O. The van der Waals surface area contributed by atoms with Gasteiger partial charge in [-0.25, -0.2) is 0 Å². The van der Waals surface area contributed by atoms with Gasteiger partial charge in [0.05, 0.1) is 0 Å². The van der Waals surface area contributed by atoms with E-state index in [-0.39, 0.29) is 13.2 Å². The molecule has 1 heterocycles. The van der Waals surface area contributed by atoms with Crippen molar-refractivity contribution < 1.29 is 22.3 Å². The van der Waals surface area contributed by atoms with Crippen molar-refractivity contribution in [3.8, 4) is 5.75 Å². The molecule has 2 rings (SSSR count). The molecule has 0 saturated heterocycles. The predicted octanol–water partition coefficient (Wildman–Crippen LogP) is 3.44. The van der Waals surface area contributed by atoms with Gasteiger partial charge in [0.1, 0.15) is 18.0 Å². The van der Waals surface area contributed by atoms with Gasteiger partial charge in [-0.15, -0.1) is 0 Å². The third-order valence-electron chi connectivity index (χ3n) is 2.75. The molecule has 1 aromatic heterocycles. The number of halogens is 4. The lowest BCUT2D eigenvalue weighted by atomic mass is 10.2. The van der Waals surface area contributed by atoms with Crippen LogP contribution >= 0.6 is 0 Å². The third-order valence-corrected chi connectivity index (χ3v) is 2.75. The maximum Gasteiger partial charge on any atom is 0.253 e. The number of ether oxygens (including phenoxy) is 1. The molecule has 0 amide bonds. The number of hydrogen-bond donors (Lipinski definition) is 1. The van der Waals surface area contributed by atoms with Crippen LogP contribution in [0, 0.1) is 30.5 Å². The molecule has 0 radical (unpaired) electrons. The van der Waals surface area contributed by atoms with Crippen molar-refractivity contribution in [2.45, 2.75) is 6.92 Å². The zero-order valence-electron chi connectivity index (χ0n) is 11.1. The van der Waals surface area contributed by atoms with E-state index in [0.717, 1.165) is 5.56 Å². The van der Waals surface area contributed by atoms with Gasteiger partial charge in [0.15, 0.2) is 0 Å². The molecule has 0 spiro atoms. The molecule has 0 aliphatic carbocycles. The van der Waals surface area contributed by atoms with Crippen LogP contribution in [0.25, 0.3) is 0 Å². The van der Waals surface area contributed by atoms with E-state index in [1.165, 1.54) is 0 Å². The molecule has 3 nitrogen and oxygen atoms in total. The zero-order chi connectivity index (χ0) is 15.4. The van der Waals surface area contributed by atoms with Crippen molar-refractivity contribution in [1.82, 2.24) is 4.98 Å². The summed E-state index contributed by atoms with van der Waals surface area (Å²) >= 11 is 0. The van der Waals surface area contributed by atoms with Crippen molar-refractivity contribution in [3.63, 3.8) is 0 Å². The van der Waals surface area contributed by atoms with Gasteiger partial charge in [0.25, 0.3) is 11.9 Å². The molecule has 112 valence electrons. The van der Waals surface area contributed by atoms with E-state index in [2.05, 4.69) is 10.3 Å². The Kier molecular flexibility index (Phi) is 4.62. The quantitative estimate of drug-likeness (QED) is 0.522. The number of pyridine rings is 1. The van der Waals surface area contributed by atoms with Crippen molar-refractivity contribution in [1.29, 1.82) is 0 Å². The summed E-state index contributed by atoms with van der Waals surface area (Å²) in [6.07, 6.45) is 0. The largest absolute Gasteiger partial charge is 0.491 e. The summed E-state index contributed by atoms with van der Waals surface area (Å²) in [6.45, 7) is 1.87. The smallest absolute Gasteiger partial charge is 0.253 e. The second-order valence-electron chi connectivity index (χ2n) is 4.24. The number of aromatic nitrogens is 1. The fourth-order valence-corrected chi connectivity index (χ4v) is 1.70. The lowest BCUT2D eigenvalue weighted by molar-refractivity contribution is 0.329. The van der Waals surface area contributed by atoms with Crippen LogP contribution < -0.4 is 10.1 Å². The summed E-state index contributed by atoms with van der Waals surface area (Å²) < 4.78 is 57.8. The van der Waals surface area contributed by atoms with Crippen LogP contribution in [0.15, 0.2) is 24.3 Å². The number of aryl methyl sites for hydroxylation is 1. The molecule has 1 N–H and O–H groups in total. The second kappa shape index (κ2) is 6.43. The van der Waals surface area contributed by atoms with Crippen LogP contribution in [0.2, 0.25) is 0 Å². The average molecular weight is 300 g/mol. The van der Waals surface area contributed by atoms with Gasteiger partial charge in [-0.3, -0.25) is 0 Å². The van der Waals surface area contributed by atoms with Crippen LogP contribution in [0.4, 0.5) is 23.2 Å². The molecule has 7 heteroatoms. The number of rotatable bonds is 5.